The zero-order valence-corrected chi connectivity index (χ0v) is 12.7. The van der Waals surface area contributed by atoms with Gasteiger partial charge in [0.2, 0.25) is 0 Å². The van der Waals surface area contributed by atoms with Crippen molar-refractivity contribution in [2.24, 2.45) is 16.6 Å². The van der Waals surface area contributed by atoms with E-state index in [1.165, 1.54) is 5.56 Å². The monoisotopic (exact) mass is 291 g/mol. The van der Waals surface area contributed by atoms with Crippen molar-refractivity contribution < 1.29 is 9.47 Å². The fraction of sp³-hybridized carbons (Fsp3) is 0.562. The zero-order chi connectivity index (χ0) is 14.9. The van der Waals surface area contributed by atoms with Crippen LogP contribution in [0.25, 0.3) is 0 Å². The number of aliphatic imine (C=N–C) groups is 1. The summed E-state index contributed by atoms with van der Waals surface area (Å²) >= 11 is 0. The molecule has 116 valence electrons. The molecule has 0 amide bonds. The minimum atomic E-state index is 0.449. The summed E-state index contributed by atoms with van der Waals surface area (Å²) in [5.74, 6) is 1.02. The van der Waals surface area contributed by atoms with Crippen LogP contribution in [0.15, 0.2) is 29.3 Å². The molecule has 3 N–H and O–H groups in total. The summed E-state index contributed by atoms with van der Waals surface area (Å²) in [6.45, 7) is 5.94. The second-order valence-corrected chi connectivity index (χ2v) is 5.42. The Morgan fingerprint density at radius 2 is 2.43 bits per heavy atom. The Kier molecular flexibility index (Phi) is 6.50. The maximum absolute atomic E-state index is 5.85. The largest absolute Gasteiger partial charge is 0.381 e. The maximum atomic E-state index is 5.85. The van der Waals surface area contributed by atoms with Crippen molar-refractivity contribution in [3.63, 3.8) is 0 Å². The fourth-order valence-electron chi connectivity index (χ4n) is 2.24. The number of anilines is 1. The van der Waals surface area contributed by atoms with Crippen molar-refractivity contribution in [2.45, 2.75) is 19.8 Å². The van der Waals surface area contributed by atoms with E-state index in [0.717, 1.165) is 45.0 Å². The summed E-state index contributed by atoms with van der Waals surface area (Å²) in [7, 11) is 0. The Balaban J connectivity index is 1.57. The van der Waals surface area contributed by atoms with E-state index >= 15 is 0 Å². The maximum Gasteiger partial charge on any atom is 0.193 e. The van der Waals surface area contributed by atoms with Crippen molar-refractivity contribution in [2.75, 3.05) is 38.3 Å². The van der Waals surface area contributed by atoms with Crippen LogP contribution in [0.4, 0.5) is 5.69 Å². The highest BCUT2D eigenvalue weighted by Crippen LogP contribution is 2.12. The van der Waals surface area contributed by atoms with Crippen LogP contribution in [0, 0.1) is 12.8 Å². The van der Waals surface area contributed by atoms with Crippen LogP contribution in [-0.2, 0) is 9.47 Å². The van der Waals surface area contributed by atoms with Gasteiger partial charge in [-0.05, 0) is 37.5 Å². The van der Waals surface area contributed by atoms with Gasteiger partial charge in [-0.2, -0.15) is 0 Å². The van der Waals surface area contributed by atoms with Crippen LogP contribution < -0.4 is 11.1 Å². The molecule has 0 saturated carbocycles. The highest BCUT2D eigenvalue weighted by Gasteiger charge is 2.14. The van der Waals surface area contributed by atoms with Gasteiger partial charge >= 0.3 is 0 Å². The summed E-state index contributed by atoms with van der Waals surface area (Å²) in [4.78, 5) is 4.30. The average molecular weight is 291 g/mol. The van der Waals surface area contributed by atoms with Gasteiger partial charge in [0, 0.05) is 31.4 Å². The highest BCUT2D eigenvalue weighted by atomic mass is 16.5. The molecule has 1 atom stereocenters. The first kappa shape index (κ1) is 15.8. The van der Waals surface area contributed by atoms with Crippen LogP contribution >= 0.6 is 0 Å². The van der Waals surface area contributed by atoms with E-state index < -0.39 is 0 Å². The van der Waals surface area contributed by atoms with Gasteiger partial charge < -0.3 is 20.5 Å². The molecule has 1 aliphatic heterocycles. The van der Waals surface area contributed by atoms with Crippen molar-refractivity contribution in [1.82, 2.24) is 0 Å². The molecule has 0 radical (unpaired) electrons. The molecule has 2 rings (SSSR count). The van der Waals surface area contributed by atoms with E-state index in [-0.39, 0.29) is 0 Å². The third kappa shape index (κ3) is 6.14. The Morgan fingerprint density at radius 1 is 1.52 bits per heavy atom. The molecule has 1 aromatic rings. The summed E-state index contributed by atoms with van der Waals surface area (Å²) < 4.78 is 10.9. The molecule has 5 heteroatoms. The second kappa shape index (κ2) is 8.64. The second-order valence-electron chi connectivity index (χ2n) is 5.42. The highest BCUT2D eigenvalue weighted by molar-refractivity contribution is 5.92. The number of guanidine groups is 1. The number of nitrogens with one attached hydrogen (secondary N) is 1. The molecule has 0 aliphatic carbocycles. The molecular formula is C16H25N3O2. The molecule has 21 heavy (non-hydrogen) atoms. The zero-order valence-electron chi connectivity index (χ0n) is 12.7. The first-order chi connectivity index (χ1) is 10.2. The molecule has 5 nitrogen and oxygen atoms in total. The van der Waals surface area contributed by atoms with Gasteiger partial charge in [-0.15, -0.1) is 0 Å². The van der Waals surface area contributed by atoms with Gasteiger partial charge in [-0.3, -0.25) is 4.99 Å². The standard InChI is InChI=1S/C16H25N3O2/c1-13-4-2-5-15(10-13)19-16(17)18-7-3-8-20-11-14-6-9-21-12-14/h2,4-5,10,14H,3,6-9,11-12H2,1H3,(H3,17,18,19). The van der Waals surface area contributed by atoms with E-state index in [1.807, 2.05) is 31.2 Å². The molecule has 1 aliphatic rings. The fourth-order valence-corrected chi connectivity index (χ4v) is 2.24. The minimum absolute atomic E-state index is 0.449. The average Bonchev–Trinajstić information content (AvgIpc) is 2.96. The summed E-state index contributed by atoms with van der Waals surface area (Å²) in [5, 5.41) is 3.09. The van der Waals surface area contributed by atoms with Crippen molar-refractivity contribution >= 4 is 11.6 Å². The lowest BCUT2D eigenvalue weighted by Crippen LogP contribution is -2.23. The van der Waals surface area contributed by atoms with E-state index in [4.69, 9.17) is 15.2 Å². The van der Waals surface area contributed by atoms with Crippen LogP contribution in [0.3, 0.4) is 0 Å². The Hall–Kier alpha value is -1.59. The van der Waals surface area contributed by atoms with Crippen LogP contribution in [0.5, 0.6) is 0 Å². The summed E-state index contributed by atoms with van der Waals surface area (Å²) in [6.07, 6.45) is 2.00. The number of aryl methyl sites for hydroxylation is 1. The van der Waals surface area contributed by atoms with Crippen LogP contribution in [0.1, 0.15) is 18.4 Å². The van der Waals surface area contributed by atoms with E-state index in [2.05, 4.69) is 10.3 Å². The topological polar surface area (TPSA) is 68.9 Å². The predicted octanol–water partition coefficient (Wildman–Crippen LogP) is 2.16. The number of hydrogen-bond acceptors (Lipinski definition) is 3. The van der Waals surface area contributed by atoms with E-state index in [9.17, 15) is 0 Å². The Morgan fingerprint density at radius 3 is 3.19 bits per heavy atom. The Bertz CT molecular complexity index is 457. The molecule has 1 fully saturated rings. The number of nitrogens with two attached hydrogens (primary N) is 1. The lowest BCUT2D eigenvalue weighted by atomic mass is 10.1. The molecule has 0 bridgehead atoms. The van der Waals surface area contributed by atoms with Crippen molar-refractivity contribution in [1.29, 1.82) is 0 Å². The van der Waals surface area contributed by atoms with Gasteiger partial charge in [0.25, 0.3) is 0 Å². The molecule has 1 unspecified atom stereocenters. The molecule has 0 aromatic heterocycles. The minimum Gasteiger partial charge on any atom is -0.381 e. The number of rotatable bonds is 7. The summed E-state index contributed by atoms with van der Waals surface area (Å²) in [5.41, 5.74) is 8.01. The van der Waals surface area contributed by atoms with E-state index in [0.29, 0.717) is 18.4 Å². The van der Waals surface area contributed by atoms with Gasteiger partial charge in [0.05, 0.1) is 13.2 Å². The van der Waals surface area contributed by atoms with Crippen LogP contribution in [0.2, 0.25) is 0 Å². The molecule has 0 spiro atoms. The first-order valence-corrected chi connectivity index (χ1v) is 7.53. The lowest BCUT2D eigenvalue weighted by molar-refractivity contribution is 0.0893. The number of benzene rings is 1. The van der Waals surface area contributed by atoms with Crippen molar-refractivity contribution in [3.05, 3.63) is 29.8 Å². The van der Waals surface area contributed by atoms with Crippen molar-refractivity contribution in [3.8, 4) is 0 Å². The lowest BCUT2D eigenvalue weighted by Gasteiger charge is -2.08. The predicted molar refractivity (Wildman–Crippen MR) is 85.7 cm³/mol. The third-order valence-corrected chi connectivity index (χ3v) is 3.40. The molecule has 1 heterocycles. The number of ether oxygens (including phenoxy) is 2. The first-order valence-electron chi connectivity index (χ1n) is 7.53. The van der Waals surface area contributed by atoms with E-state index in [1.54, 1.807) is 0 Å². The summed E-state index contributed by atoms with van der Waals surface area (Å²) in [6, 6.07) is 8.05. The normalized spacial score (nSPS) is 18.9. The SMILES string of the molecule is Cc1cccc(NC(N)=NCCCOCC2CCOC2)c1. The molecule has 1 saturated heterocycles. The molecule has 1 aromatic carbocycles. The molecular weight excluding hydrogens is 266 g/mol. The quantitative estimate of drug-likeness (QED) is 0.459. The van der Waals surface area contributed by atoms with Gasteiger partial charge in [-0.25, -0.2) is 0 Å². The third-order valence-electron chi connectivity index (χ3n) is 3.40. The van der Waals surface area contributed by atoms with Gasteiger partial charge in [-0.1, -0.05) is 12.1 Å². The Labute approximate surface area is 126 Å². The smallest absolute Gasteiger partial charge is 0.193 e. The number of nitrogens with zero attached hydrogens (tertiary/aromatic N) is 1. The van der Waals surface area contributed by atoms with Gasteiger partial charge in [0.15, 0.2) is 5.96 Å². The van der Waals surface area contributed by atoms with Gasteiger partial charge in [0.1, 0.15) is 0 Å². The number of hydrogen-bond donors (Lipinski definition) is 2. The van der Waals surface area contributed by atoms with Crippen LogP contribution in [-0.4, -0.2) is 38.9 Å².